The van der Waals surface area contributed by atoms with E-state index in [0.29, 0.717) is 0 Å². The first kappa shape index (κ1) is 42.3. The van der Waals surface area contributed by atoms with E-state index in [4.69, 9.17) is 4.42 Å². The zero-order chi connectivity index (χ0) is 47.9. The molecular formula is C65H61BN2O. The highest BCUT2D eigenvalue weighted by Crippen LogP contribution is 2.56. The summed E-state index contributed by atoms with van der Waals surface area (Å²) >= 11 is 0. The molecule has 4 aliphatic rings. The fraction of sp³-hybridized carbons (Fsp3) is 0.262. The van der Waals surface area contributed by atoms with Gasteiger partial charge in [0, 0.05) is 55.5 Å². The van der Waals surface area contributed by atoms with Gasteiger partial charge in [0.25, 0.3) is 6.71 Å². The number of anilines is 6. The van der Waals surface area contributed by atoms with E-state index < -0.39 is 0 Å². The molecule has 1 aromatic heterocycles. The number of rotatable bonds is 2. The monoisotopic (exact) mass is 896 g/mol. The molecule has 0 fully saturated rings. The predicted molar refractivity (Wildman–Crippen MR) is 293 cm³/mol. The minimum Gasteiger partial charge on any atom is -0.456 e. The third-order valence-electron chi connectivity index (χ3n) is 17.3. The van der Waals surface area contributed by atoms with Crippen molar-refractivity contribution < 1.29 is 4.42 Å². The lowest BCUT2D eigenvalue weighted by Crippen LogP contribution is -2.62. The molecule has 4 heteroatoms. The Morgan fingerprint density at radius 2 is 0.870 bits per heavy atom. The molecule has 69 heavy (non-hydrogen) atoms. The van der Waals surface area contributed by atoms with E-state index in [-0.39, 0.29) is 33.8 Å². The molecule has 0 saturated carbocycles. The summed E-state index contributed by atoms with van der Waals surface area (Å²) in [6.07, 6.45) is 0. The van der Waals surface area contributed by atoms with Crippen molar-refractivity contribution in [1.82, 2.24) is 0 Å². The van der Waals surface area contributed by atoms with E-state index >= 15 is 0 Å². The topological polar surface area (TPSA) is 19.6 Å². The lowest BCUT2D eigenvalue weighted by Gasteiger charge is -2.49. The Kier molecular flexibility index (Phi) is 8.42. The first-order valence-corrected chi connectivity index (χ1v) is 25.1. The summed E-state index contributed by atoms with van der Waals surface area (Å²) in [7, 11) is 0. The van der Waals surface area contributed by atoms with Crippen LogP contribution >= 0.6 is 0 Å². The van der Waals surface area contributed by atoms with Crippen molar-refractivity contribution in [3.8, 4) is 0 Å². The van der Waals surface area contributed by atoms with Crippen molar-refractivity contribution in [1.29, 1.82) is 0 Å². The van der Waals surface area contributed by atoms with Gasteiger partial charge in [-0.2, -0.15) is 0 Å². The van der Waals surface area contributed by atoms with E-state index in [0.717, 1.165) is 27.6 Å². The molecule has 9 aromatic rings. The summed E-state index contributed by atoms with van der Waals surface area (Å²) < 4.78 is 6.68. The van der Waals surface area contributed by atoms with Gasteiger partial charge < -0.3 is 14.2 Å². The fourth-order valence-corrected chi connectivity index (χ4v) is 13.6. The maximum Gasteiger partial charge on any atom is 0.252 e. The van der Waals surface area contributed by atoms with Crippen LogP contribution in [0.5, 0.6) is 0 Å². The molecule has 3 nitrogen and oxygen atoms in total. The second-order valence-electron chi connectivity index (χ2n) is 23.9. The van der Waals surface area contributed by atoms with Gasteiger partial charge in [0.1, 0.15) is 11.2 Å². The van der Waals surface area contributed by atoms with Crippen molar-refractivity contribution >= 4 is 79.2 Å². The molecule has 13 rings (SSSR count). The van der Waals surface area contributed by atoms with Crippen LogP contribution in [0.1, 0.15) is 132 Å². The number of furan rings is 1. The van der Waals surface area contributed by atoms with Crippen LogP contribution in [0, 0.1) is 6.92 Å². The van der Waals surface area contributed by atoms with Gasteiger partial charge in [-0.25, -0.2) is 0 Å². The van der Waals surface area contributed by atoms with Crippen LogP contribution in [0.4, 0.5) is 34.1 Å². The number of hydrogen-bond donors (Lipinski definition) is 0. The third kappa shape index (κ3) is 5.58. The largest absolute Gasteiger partial charge is 0.456 e. The van der Waals surface area contributed by atoms with Gasteiger partial charge in [-0.1, -0.05) is 173 Å². The molecule has 0 saturated heterocycles. The van der Waals surface area contributed by atoms with Crippen molar-refractivity contribution in [2.45, 2.75) is 110 Å². The molecule has 340 valence electrons. The molecule has 3 heterocycles. The fourth-order valence-electron chi connectivity index (χ4n) is 13.6. The zero-order valence-electron chi connectivity index (χ0n) is 42.3. The van der Waals surface area contributed by atoms with Crippen molar-refractivity contribution in [2.75, 3.05) is 9.80 Å². The third-order valence-corrected chi connectivity index (χ3v) is 17.3. The molecule has 0 bridgehead atoms. The Labute approximate surface area is 408 Å². The van der Waals surface area contributed by atoms with E-state index in [9.17, 15) is 0 Å². The summed E-state index contributed by atoms with van der Waals surface area (Å²) in [5.41, 5.74) is 26.0. The van der Waals surface area contributed by atoms with Gasteiger partial charge in [0.05, 0.1) is 11.1 Å². The van der Waals surface area contributed by atoms with Gasteiger partial charge in [0.15, 0.2) is 0 Å². The lowest BCUT2D eigenvalue weighted by atomic mass is 9.32. The van der Waals surface area contributed by atoms with E-state index in [1.54, 1.807) is 0 Å². The number of hydrogen-bond acceptors (Lipinski definition) is 3. The van der Waals surface area contributed by atoms with Crippen LogP contribution in [-0.2, 0) is 27.1 Å². The Morgan fingerprint density at radius 1 is 0.420 bits per heavy atom. The molecule has 0 spiro atoms. The molecular weight excluding hydrogens is 836 g/mol. The number of aryl methyl sites for hydroxylation is 1. The molecule has 0 radical (unpaired) electrons. The van der Waals surface area contributed by atoms with Crippen LogP contribution in [-0.4, -0.2) is 6.71 Å². The first-order chi connectivity index (χ1) is 32.8. The standard InChI is InChI=1S/C65H61BN2O/c1-38-32-55-60-56(33-38)68(52-25-19-27-58-59(52)41-20-13-18-26-57(41)69-58)54-37-49-47(63(7,8)43-22-15-17-24-45(43)65(49,11)12)35-51(54)66(60)50-34-46-48(64(9,10)44-23-16-14-21-42(44)62(46,5)6)36-53(50)67(55)40-30-28-39(29-31-40)61(2,3)4/h13-37H,1-12H3. The first-order valence-electron chi connectivity index (χ1n) is 25.1. The second kappa shape index (κ2) is 13.7. The number of benzene rings is 8. The summed E-state index contributed by atoms with van der Waals surface area (Å²) in [4.78, 5) is 5.24. The van der Waals surface area contributed by atoms with Crippen LogP contribution < -0.4 is 26.2 Å². The Bertz CT molecular complexity index is 3690. The van der Waals surface area contributed by atoms with E-state index in [2.05, 4.69) is 245 Å². The summed E-state index contributed by atoms with van der Waals surface area (Å²) in [6, 6.07) is 58.5. The number of fused-ring (bicyclic) bond motifs is 11. The molecule has 2 aliphatic carbocycles. The van der Waals surface area contributed by atoms with Gasteiger partial charge in [-0.05, 0) is 139 Å². The Hall–Kier alpha value is -6.78. The molecule has 0 atom stereocenters. The van der Waals surface area contributed by atoms with Crippen molar-refractivity contribution in [3.05, 3.63) is 207 Å². The van der Waals surface area contributed by atoms with Gasteiger partial charge in [-0.15, -0.1) is 0 Å². The molecule has 2 aliphatic heterocycles. The second-order valence-corrected chi connectivity index (χ2v) is 23.9. The Morgan fingerprint density at radius 3 is 1.39 bits per heavy atom. The minimum atomic E-state index is -0.239. The van der Waals surface area contributed by atoms with E-state index in [1.165, 1.54) is 100 Å². The molecule has 0 amide bonds. The molecule has 0 N–H and O–H groups in total. The van der Waals surface area contributed by atoms with Crippen molar-refractivity contribution in [2.24, 2.45) is 0 Å². The van der Waals surface area contributed by atoms with Crippen LogP contribution in [0.25, 0.3) is 21.9 Å². The normalized spacial score (nSPS) is 17.4. The maximum absolute atomic E-state index is 6.68. The average molecular weight is 897 g/mol. The number of nitrogens with zero attached hydrogens (tertiary/aromatic N) is 2. The lowest BCUT2D eigenvalue weighted by molar-refractivity contribution is 0.521. The molecule has 0 unspecified atom stereocenters. The Balaban J connectivity index is 1.19. The average Bonchev–Trinajstić information content (AvgIpc) is 3.71. The zero-order valence-corrected chi connectivity index (χ0v) is 42.3. The summed E-state index contributed by atoms with van der Waals surface area (Å²) in [6.45, 7) is 28.7. The summed E-state index contributed by atoms with van der Waals surface area (Å²) in [5.74, 6) is 0. The van der Waals surface area contributed by atoms with Crippen LogP contribution in [0.2, 0.25) is 0 Å². The molecule has 8 aromatic carbocycles. The van der Waals surface area contributed by atoms with Gasteiger partial charge in [0.2, 0.25) is 0 Å². The van der Waals surface area contributed by atoms with Gasteiger partial charge in [-0.3, -0.25) is 0 Å². The highest BCUT2D eigenvalue weighted by molar-refractivity contribution is 7.00. The summed E-state index contributed by atoms with van der Waals surface area (Å²) in [5, 5.41) is 2.27. The minimum absolute atomic E-state index is 0.0263. The highest BCUT2D eigenvalue weighted by Gasteiger charge is 2.50. The predicted octanol–water partition coefficient (Wildman–Crippen LogP) is 15.2. The van der Waals surface area contributed by atoms with E-state index in [1.807, 2.05) is 0 Å². The van der Waals surface area contributed by atoms with Crippen LogP contribution in [0.15, 0.2) is 156 Å². The highest BCUT2D eigenvalue weighted by atomic mass is 16.3. The van der Waals surface area contributed by atoms with Crippen molar-refractivity contribution in [3.63, 3.8) is 0 Å². The van der Waals surface area contributed by atoms with Gasteiger partial charge >= 0.3 is 0 Å². The smallest absolute Gasteiger partial charge is 0.252 e. The quantitative estimate of drug-likeness (QED) is 0.161. The SMILES string of the molecule is Cc1cc2c3c(c1)N(c1cccc4oc5ccccc5c14)c1cc4c(cc1B3c1cc3c(cc1N2c1ccc(C(C)(C)C)cc1)C(C)(C)c1ccccc1C3(C)C)C(C)(C)c1ccccc1C4(C)C. The van der Waals surface area contributed by atoms with Crippen LogP contribution in [0.3, 0.4) is 0 Å². The maximum atomic E-state index is 6.68. The number of para-hydroxylation sites is 1.